The highest BCUT2D eigenvalue weighted by atomic mass is 16.7. The van der Waals surface area contributed by atoms with Gasteiger partial charge in [0.05, 0.1) is 30.0 Å². The molecule has 2 unspecified atom stereocenters. The van der Waals surface area contributed by atoms with E-state index in [1.54, 1.807) is 13.0 Å². The number of aliphatic hydroxyl groups excluding tert-OH is 6. The van der Waals surface area contributed by atoms with E-state index >= 15 is 0 Å². The highest BCUT2D eigenvalue weighted by molar-refractivity contribution is 5.85. The summed E-state index contributed by atoms with van der Waals surface area (Å²) in [4.78, 5) is 11.9. The summed E-state index contributed by atoms with van der Waals surface area (Å²) < 4.78 is 28.6. The lowest BCUT2D eigenvalue weighted by atomic mass is 9.42. The predicted octanol–water partition coefficient (Wildman–Crippen LogP) is -0.605. The molecular formula is C35H54O14. The zero-order chi connectivity index (χ0) is 35.3. The van der Waals surface area contributed by atoms with Crippen molar-refractivity contribution in [1.82, 2.24) is 0 Å². The van der Waals surface area contributed by atoms with E-state index in [9.17, 15) is 45.6 Å². The van der Waals surface area contributed by atoms with Gasteiger partial charge in [0.25, 0.3) is 0 Å². The van der Waals surface area contributed by atoms with E-state index in [2.05, 4.69) is 13.8 Å². The lowest BCUT2D eigenvalue weighted by Crippen LogP contribution is -2.68. The van der Waals surface area contributed by atoms with Crippen molar-refractivity contribution in [3.8, 4) is 0 Å². The molecule has 14 nitrogen and oxygen atoms in total. The fraction of sp³-hybridized carbons (Fsp3) is 0.914. The van der Waals surface area contributed by atoms with Gasteiger partial charge in [-0.05, 0) is 87.0 Å². The molecule has 8 N–H and O–H groups in total. The van der Waals surface area contributed by atoms with Crippen molar-refractivity contribution in [3.05, 3.63) is 11.6 Å². The number of hydrogen-bond acceptors (Lipinski definition) is 14. The molecule has 18 atom stereocenters. The summed E-state index contributed by atoms with van der Waals surface area (Å²) >= 11 is 0. The molecule has 2 saturated heterocycles. The highest BCUT2D eigenvalue weighted by Crippen LogP contribution is 2.70. The van der Waals surface area contributed by atoms with Gasteiger partial charge in [0, 0.05) is 17.9 Å². The van der Waals surface area contributed by atoms with Crippen LogP contribution in [0.3, 0.4) is 0 Å². The second kappa shape index (κ2) is 12.7. The van der Waals surface area contributed by atoms with Gasteiger partial charge in [0.2, 0.25) is 0 Å². The average Bonchev–Trinajstić information content (AvgIpc) is 3.61. The van der Waals surface area contributed by atoms with Crippen LogP contribution in [0.4, 0.5) is 0 Å². The molecule has 0 bridgehead atoms. The van der Waals surface area contributed by atoms with Crippen LogP contribution in [0.25, 0.3) is 0 Å². The Labute approximate surface area is 285 Å². The molecule has 7 aliphatic rings. The monoisotopic (exact) mass is 698 g/mol. The van der Waals surface area contributed by atoms with Crippen molar-refractivity contribution in [2.75, 3.05) is 13.2 Å². The second-order valence-corrected chi connectivity index (χ2v) is 16.5. The van der Waals surface area contributed by atoms with Gasteiger partial charge < -0.3 is 64.5 Å². The van der Waals surface area contributed by atoms with Gasteiger partial charge in [0.1, 0.15) is 49.3 Å². The molecule has 0 spiro atoms. The number of ether oxygens (including phenoxy) is 5. The molecule has 278 valence electrons. The van der Waals surface area contributed by atoms with Crippen LogP contribution in [0.5, 0.6) is 0 Å². The first-order valence-corrected chi connectivity index (χ1v) is 18.0. The Kier molecular flexibility index (Phi) is 9.36. The smallest absolute Gasteiger partial charge is 0.331 e. The van der Waals surface area contributed by atoms with E-state index in [1.807, 2.05) is 0 Å². The third-order valence-electron chi connectivity index (χ3n) is 14.3. The molecule has 14 heteroatoms. The summed E-state index contributed by atoms with van der Waals surface area (Å²) in [6.07, 6.45) is -7.14. The fourth-order valence-corrected chi connectivity index (χ4v) is 11.3. The number of aliphatic hydroxyl groups is 8. The topological polar surface area (TPSA) is 225 Å². The molecule has 3 heterocycles. The number of fused-ring (bicyclic) bond motifs is 5. The maximum atomic E-state index is 12.5. The number of rotatable bonds is 6. The molecule has 3 aliphatic heterocycles. The van der Waals surface area contributed by atoms with Gasteiger partial charge in [-0.2, -0.15) is 0 Å². The van der Waals surface area contributed by atoms with Crippen molar-refractivity contribution >= 4 is 5.97 Å². The fourth-order valence-electron chi connectivity index (χ4n) is 11.3. The van der Waals surface area contributed by atoms with Crippen molar-refractivity contribution < 1.29 is 69.3 Å². The summed E-state index contributed by atoms with van der Waals surface area (Å²) in [5.74, 6) is -0.117. The Morgan fingerprint density at radius 2 is 1.47 bits per heavy atom. The molecule has 4 aliphatic carbocycles. The zero-order valence-electron chi connectivity index (χ0n) is 28.5. The summed E-state index contributed by atoms with van der Waals surface area (Å²) in [6, 6.07) is 0. The number of esters is 1. The molecule has 7 rings (SSSR count). The Hall–Kier alpha value is -1.27. The van der Waals surface area contributed by atoms with Crippen LogP contribution in [-0.2, 0) is 28.5 Å². The Morgan fingerprint density at radius 3 is 2.16 bits per heavy atom. The normalized spacial score (nSPS) is 56.0. The minimum atomic E-state index is -1.69. The first kappa shape index (κ1) is 36.1. The van der Waals surface area contributed by atoms with Gasteiger partial charge >= 0.3 is 5.97 Å². The maximum Gasteiger partial charge on any atom is 0.331 e. The zero-order valence-corrected chi connectivity index (χ0v) is 28.5. The van der Waals surface area contributed by atoms with Crippen molar-refractivity contribution in [2.45, 2.75) is 157 Å². The van der Waals surface area contributed by atoms with E-state index in [0.717, 1.165) is 24.8 Å². The molecule has 49 heavy (non-hydrogen) atoms. The van der Waals surface area contributed by atoms with E-state index in [1.165, 1.54) is 0 Å². The van der Waals surface area contributed by atoms with Crippen LogP contribution in [0, 0.1) is 28.6 Å². The number of carbonyl (C=O) groups excluding carboxylic acids is 1. The molecule has 4 saturated carbocycles. The summed E-state index contributed by atoms with van der Waals surface area (Å²) in [7, 11) is 0. The molecular weight excluding hydrogens is 644 g/mol. The standard InChI is InChI=1S/C35H54O14/c1-16-29(49-31-27(41)25(39)24(38)22(14-36)48-31)26(40)28(42)30(46-16)47-18-4-8-32(2)20-5-9-33(3)19(17-12-23(37)45-15-17)7-11-35(33,44)21(20)6-10-34(32,43)13-18/h12,16,18-22,24-31,36,38-44H,4-11,13-15H2,1-3H3/t16-,18+,19-,20?,21?,22-,24-,25+,26+,27-,28-,29-,30+,31+,32-,33-,34+,35+/m1/s1. The molecule has 0 aromatic carbocycles. The molecule has 0 amide bonds. The van der Waals surface area contributed by atoms with Gasteiger partial charge in [-0.15, -0.1) is 0 Å². The maximum absolute atomic E-state index is 12.5. The minimum absolute atomic E-state index is 0.0118. The molecule has 6 fully saturated rings. The van der Waals surface area contributed by atoms with Crippen LogP contribution in [-0.4, -0.2) is 139 Å². The quantitative estimate of drug-likeness (QED) is 0.128. The highest BCUT2D eigenvalue weighted by Gasteiger charge is 2.70. The van der Waals surface area contributed by atoms with E-state index in [-0.39, 0.29) is 29.1 Å². The number of carbonyl (C=O) groups is 1. The van der Waals surface area contributed by atoms with Crippen molar-refractivity contribution in [2.24, 2.45) is 28.6 Å². The van der Waals surface area contributed by atoms with Crippen molar-refractivity contribution in [1.29, 1.82) is 0 Å². The van der Waals surface area contributed by atoms with Gasteiger partial charge in [-0.25, -0.2) is 4.79 Å². The van der Waals surface area contributed by atoms with Crippen LogP contribution < -0.4 is 0 Å². The van der Waals surface area contributed by atoms with E-state index < -0.39 is 90.7 Å². The average molecular weight is 699 g/mol. The number of cyclic esters (lactones) is 1. The minimum Gasteiger partial charge on any atom is -0.458 e. The van der Waals surface area contributed by atoms with Crippen molar-refractivity contribution in [3.63, 3.8) is 0 Å². The van der Waals surface area contributed by atoms with Crippen LogP contribution in [0.15, 0.2) is 11.6 Å². The molecule has 0 radical (unpaired) electrons. The predicted molar refractivity (Wildman–Crippen MR) is 167 cm³/mol. The Bertz CT molecular complexity index is 1290. The van der Waals surface area contributed by atoms with E-state index in [4.69, 9.17) is 23.7 Å². The van der Waals surface area contributed by atoms with Gasteiger partial charge in [-0.3, -0.25) is 0 Å². The largest absolute Gasteiger partial charge is 0.458 e. The molecule has 0 aromatic rings. The van der Waals surface area contributed by atoms with Gasteiger partial charge in [0.15, 0.2) is 12.6 Å². The lowest BCUT2D eigenvalue weighted by molar-refractivity contribution is -0.362. The Morgan fingerprint density at radius 1 is 0.796 bits per heavy atom. The second-order valence-electron chi connectivity index (χ2n) is 16.5. The first-order chi connectivity index (χ1) is 23.1. The molecule has 0 aromatic heterocycles. The van der Waals surface area contributed by atoms with Crippen LogP contribution in [0.2, 0.25) is 0 Å². The third-order valence-corrected chi connectivity index (χ3v) is 14.3. The lowest BCUT2D eigenvalue weighted by Gasteiger charge is -2.66. The SMILES string of the molecule is C[C@H]1O[C@@H](O[C@H]2CC[C@]3(C)C4CC[C@]5(C)[C@@H](C6=CC(=O)OC6)CC[C@]5(O)C4CC[C@]3(O)C2)[C@H](O)[C@H](O)[C@@H]1O[C@@H]1O[C@H](CO)[C@@H](O)[C@H](O)[C@H]1O. The van der Waals surface area contributed by atoms with Gasteiger partial charge in [-0.1, -0.05) is 13.8 Å². The van der Waals surface area contributed by atoms with E-state index in [0.29, 0.717) is 45.1 Å². The Balaban J connectivity index is 1.00. The summed E-state index contributed by atoms with van der Waals surface area (Å²) in [5.41, 5.74) is -1.86. The number of hydrogen-bond donors (Lipinski definition) is 8. The van der Waals surface area contributed by atoms with Crippen LogP contribution >= 0.6 is 0 Å². The summed E-state index contributed by atoms with van der Waals surface area (Å²) in [5, 5.41) is 87.1. The summed E-state index contributed by atoms with van der Waals surface area (Å²) in [6.45, 7) is 5.56. The third kappa shape index (κ3) is 5.47. The van der Waals surface area contributed by atoms with Crippen LogP contribution in [0.1, 0.15) is 78.6 Å². The first-order valence-electron chi connectivity index (χ1n) is 18.0.